The molecule has 0 aromatic rings. The van der Waals surface area contributed by atoms with Gasteiger partial charge in [0, 0.05) is 12.9 Å². The molecule has 1 aliphatic rings. The van der Waals surface area contributed by atoms with Crippen LogP contribution in [-0.2, 0) is 23.7 Å². The summed E-state index contributed by atoms with van der Waals surface area (Å²) in [6, 6.07) is 0. The molecule has 0 aromatic heterocycles. The van der Waals surface area contributed by atoms with Crippen LogP contribution in [0.3, 0.4) is 0 Å². The standard InChI is InChI=1S/C14H26O5S/c1-16-5-6-18-7-8-19-9-10-20-12-14(3-4-14)11-13(15)17-2/h3-12H2,1-2H3. The summed E-state index contributed by atoms with van der Waals surface area (Å²) < 4.78 is 20.4. The van der Waals surface area contributed by atoms with E-state index in [-0.39, 0.29) is 11.4 Å². The highest BCUT2D eigenvalue weighted by atomic mass is 32.2. The van der Waals surface area contributed by atoms with Gasteiger partial charge in [0.1, 0.15) is 0 Å². The summed E-state index contributed by atoms with van der Waals surface area (Å²) in [6.45, 7) is 3.20. The van der Waals surface area contributed by atoms with Gasteiger partial charge in [-0.05, 0) is 24.0 Å². The number of ether oxygens (including phenoxy) is 4. The molecule has 1 fully saturated rings. The van der Waals surface area contributed by atoms with E-state index in [0.717, 1.165) is 31.0 Å². The van der Waals surface area contributed by atoms with Crippen LogP contribution in [0.4, 0.5) is 0 Å². The Kier molecular flexibility index (Phi) is 9.26. The highest BCUT2D eigenvalue weighted by Crippen LogP contribution is 2.51. The molecule has 5 nitrogen and oxygen atoms in total. The monoisotopic (exact) mass is 306 g/mol. The van der Waals surface area contributed by atoms with Crippen LogP contribution in [-0.4, -0.2) is 64.7 Å². The van der Waals surface area contributed by atoms with Gasteiger partial charge in [-0.15, -0.1) is 0 Å². The summed E-state index contributed by atoms with van der Waals surface area (Å²) in [5.41, 5.74) is 0.209. The number of hydrogen-bond donors (Lipinski definition) is 0. The minimum atomic E-state index is -0.0902. The highest BCUT2D eigenvalue weighted by molar-refractivity contribution is 7.99. The van der Waals surface area contributed by atoms with Crippen LogP contribution in [0.5, 0.6) is 0 Å². The molecule has 20 heavy (non-hydrogen) atoms. The second kappa shape index (κ2) is 10.4. The van der Waals surface area contributed by atoms with Crippen molar-refractivity contribution >= 4 is 17.7 Å². The zero-order valence-electron chi connectivity index (χ0n) is 12.5. The van der Waals surface area contributed by atoms with Crippen molar-refractivity contribution in [2.75, 3.05) is 58.8 Å². The Morgan fingerprint density at radius 2 is 1.70 bits per heavy atom. The molecule has 0 amide bonds. The van der Waals surface area contributed by atoms with Crippen molar-refractivity contribution in [1.82, 2.24) is 0 Å². The summed E-state index contributed by atoms with van der Waals surface area (Å²) in [6.07, 6.45) is 2.84. The van der Waals surface area contributed by atoms with Crippen molar-refractivity contribution in [1.29, 1.82) is 0 Å². The van der Waals surface area contributed by atoms with E-state index >= 15 is 0 Å². The molecule has 0 N–H and O–H groups in total. The predicted octanol–water partition coefficient (Wildman–Crippen LogP) is 1.74. The third-order valence-corrected chi connectivity index (χ3v) is 4.56. The van der Waals surface area contributed by atoms with Gasteiger partial charge in [0.25, 0.3) is 0 Å². The third kappa shape index (κ3) is 8.09. The van der Waals surface area contributed by atoms with E-state index < -0.39 is 0 Å². The maximum atomic E-state index is 11.3. The Morgan fingerprint density at radius 1 is 1.05 bits per heavy atom. The number of carbonyl (C=O) groups excluding carboxylic acids is 1. The molecule has 0 heterocycles. The number of esters is 1. The fourth-order valence-electron chi connectivity index (χ4n) is 1.80. The summed E-state index contributed by atoms with van der Waals surface area (Å²) in [5, 5.41) is 0. The third-order valence-electron chi connectivity index (χ3n) is 3.29. The van der Waals surface area contributed by atoms with Crippen molar-refractivity contribution in [3.63, 3.8) is 0 Å². The quantitative estimate of drug-likeness (QED) is 0.382. The van der Waals surface area contributed by atoms with Crippen molar-refractivity contribution in [3.8, 4) is 0 Å². The maximum absolute atomic E-state index is 11.3. The molecular weight excluding hydrogens is 280 g/mol. The summed E-state index contributed by atoms with van der Waals surface area (Å²) in [4.78, 5) is 11.3. The van der Waals surface area contributed by atoms with E-state index in [9.17, 15) is 4.79 Å². The first-order chi connectivity index (χ1) is 9.72. The predicted molar refractivity (Wildman–Crippen MR) is 79.1 cm³/mol. The van der Waals surface area contributed by atoms with Gasteiger partial charge in [-0.2, -0.15) is 11.8 Å². The van der Waals surface area contributed by atoms with Gasteiger partial charge in [0.05, 0.1) is 46.6 Å². The average molecular weight is 306 g/mol. The van der Waals surface area contributed by atoms with E-state index in [0.29, 0.717) is 32.8 Å². The smallest absolute Gasteiger partial charge is 0.306 e. The number of methoxy groups -OCH3 is 2. The van der Waals surface area contributed by atoms with E-state index in [4.69, 9.17) is 18.9 Å². The molecule has 0 atom stereocenters. The summed E-state index contributed by atoms with van der Waals surface area (Å²) in [7, 11) is 3.11. The first-order valence-electron chi connectivity index (χ1n) is 7.01. The second-order valence-corrected chi connectivity index (χ2v) is 6.13. The maximum Gasteiger partial charge on any atom is 0.306 e. The van der Waals surface area contributed by atoms with Crippen LogP contribution in [0.1, 0.15) is 19.3 Å². The number of rotatable bonds is 13. The van der Waals surface area contributed by atoms with Gasteiger partial charge in [0.2, 0.25) is 0 Å². The van der Waals surface area contributed by atoms with Crippen molar-refractivity contribution in [2.24, 2.45) is 5.41 Å². The Balaban J connectivity index is 1.86. The van der Waals surface area contributed by atoms with E-state index in [1.807, 2.05) is 11.8 Å². The lowest BCUT2D eigenvalue weighted by Gasteiger charge is -2.13. The van der Waals surface area contributed by atoms with Crippen molar-refractivity contribution in [2.45, 2.75) is 19.3 Å². The molecular formula is C14H26O5S. The normalized spacial score (nSPS) is 16.1. The number of thioether (sulfide) groups is 1. The van der Waals surface area contributed by atoms with E-state index in [1.165, 1.54) is 7.11 Å². The van der Waals surface area contributed by atoms with Crippen molar-refractivity contribution in [3.05, 3.63) is 0 Å². The lowest BCUT2D eigenvalue weighted by atomic mass is 10.1. The molecule has 1 rings (SSSR count). The van der Waals surface area contributed by atoms with Crippen LogP contribution in [0.15, 0.2) is 0 Å². The fourth-order valence-corrected chi connectivity index (χ4v) is 3.00. The van der Waals surface area contributed by atoms with Crippen LogP contribution in [0.25, 0.3) is 0 Å². The second-order valence-electron chi connectivity index (χ2n) is 5.02. The van der Waals surface area contributed by atoms with Crippen molar-refractivity contribution < 1.29 is 23.7 Å². The van der Waals surface area contributed by atoms with Gasteiger partial charge in [0.15, 0.2) is 0 Å². The zero-order chi connectivity index (χ0) is 14.7. The molecule has 0 spiro atoms. The molecule has 0 unspecified atom stereocenters. The highest BCUT2D eigenvalue weighted by Gasteiger charge is 2.44. The largest absolute Gasteiger partial charge is 0.469 e. The fraction of sp³-hybridized carbons (Fsp3) is 0.929. The van der Waals surface area contributed by atoms with Gasteiger partial charge in [-0.3, -0.25) is 4.79 Å². The molecule has 1 saturated carbocycles. The van der Waals surface area contributed by atoms with Gasteiger partial charge in [-0.25, -0.2) is 0 Å². The zero-order valence-corrected chi connectivity index (χ0v) is 13.3. The molecule has 0 bridgehead atoms. The summed E-state index contributed by atoms with van der Waals surface area (Å²) in [5.74, 6) is 1.89. The molecule has 118 valence electrons. The molecule has 0 aromatic carbocycles. The van der Waals surface area contributed by atoms with Crippen LogP contribution in [0, 0.1) is 5.41 Å². The first kappa shape index (κ1) is 17.8. The SMILES string of the molecule is COCCOCCOCCSCC1(CC(=O)OC)CC1. The topological polar surface area (TPSA) is 54.0 Å². The lowest BCUT2D eigenvalue weighted by Crippen LogP contribution is -2.14. The Labute approximate surface area is 125 Å². The molecule has 1 aliphatic carbocycles. The Hall–Kier alpha value is -0.300. The Morgan fingerprint density at radius 3 is 2.30 bits per heavy atom. The molecule has 0 saturated heterocycles. The summed E-state index contributed by atoms with van der Waals surface area (Å²) >= 11 is 1.85. The number of hydrogen-bond acceptors (Lipinski definition) is 6. The Bertz CT molecular complexity index is 268. The molecule has 6 heteroatoms. The minimum Gasteiger partial charge on any atom is -0.469 e. The van der Waals surface area contributed by atoms with E-state index in [1.54, 1.807) is 7.11 Å². The first-order valence-corrected chi connectivity index (χ1v) is 8.17. The van der Waals surface area contributed by atoms with Crippen LogP contribution < -0.4 is 0 Å². The number of carbonyl (C=O) groups is 1. The lowest BCUT2D eigenvalue weighted by molar-refractivity contribution is -0.141. The van der Waals surface area contributed by atoms with Gasteiger partial charge >= 0.3 is 5.97 Å². The van der Waals surface area contributed by atoms with E-state index in [2.05, 4.69) is 0 Å². The molecule has 0 aliphatic heterocycles. The van der Waals surface area contributed by atoms with Crippen LogP contribution in [0.2, 0.25) is 0 Å². The average Bonchev–Trinajstić information content (AvgIpc) is 3.20. The van der Waals surface area contributed by atoms with Gasteiger partial charge in [-0.1, -0.05) is 0 Å². The molecule has 0 radical (unpaired) electrons. The minimum absolute atomic E-state index is 0.0902. The van der Waals surface area contributed by atoms with Crippen LogP contribution >= 0.6 is 11.8 Å². The van der Waals surface area contributed by atoms with Gasteiger partial charge < -0.3 is 18.9 Å².